The van der Waals surface area contributed by atoms with Crippen molar-refractivity contribution < 1.29 is 4.79 Å². The zero-order valence-corrected chi connectivity index (χ0v) is 9.67. The van der Waals surface area contributed by atoms with E-state index in [-0.39, 0.29) is 11.9 Å². The van der Waals surface area contributed by atoms with Gasteiger partial charge in [-0.1, -0.05) is 15.9 Å². The Morgan fingerprint density at radius 1 is 1.53 bits per heavy atom. The zero-order valence-electron chi connectivity index (χ0n) is 8.09. The molecule has 4 nitrogen and oxygen atoms in total. The number of hydrogen-bond acceptors (Lipinski definition) is 3. The minimum Gasteiger partial charge on any atom is -0.397 e. The van der Waals surface area contributed by atoms with Crippen molar-refractivity contribution >= 4 is 33.2 Å². The van der Waals surface area contributed by atoms with E-state index in [9.17, 15) is 4.79 Å². The summed E-state index contributed by atoms with van der Waals surface area (Å²) in [5.41, 5.74) is 7.37. The Bertz CT molecular complexity index is 394. The molecule has 1 aromatic carbocycles. The number of amides is 1. The van der Waals surface area contributed by atoms with E-state index in [1.165, 1.54) is 0 Å². The van der Waals surface area contributed by atoms with Gasteiger partial charge in [0.25, 0.3) is 0 Å². The van der Waals surface area contributed by atoms with Crippen LogP contribution < -0.4 is 16.4 Å². The largest absolute Gasteiger partial charge is 0.397 e. The molecule has 80 valence electrons. The number of nitrogen functional groups attached to an aromatic ring is 1. The van der Waals surface area contributed by atoms with Gasteiger partial charge in [-0.15, -0.1) is 0 Å². The SMILES string of the molecule is Nc1ccc(Br)cc1NC1CNC(=O)C1. The lowest BCUT2D eigenvalue weighted by molar-refractivity contribution is -0.119. The minimum absolute atomic E-state index is 0.0843. The molecular weight excluding hydrogens is 258 g/mol. The number of hydrogen-bond donors (Lipinski definition) is 3. The van der Waals surface area contributed by atoms with Crippen LogP contribution in [0.25, 0.3) is 0 Å². The first kappa shape index (κ1) is 10.3. The fraction of sp³-hybridized carbons (Fsp3) is 0.300. The quantitative estimate of drug-likeness (QED) is 0.710. The van der Waals surface area contributed by atoms with Crippen molar-refractivity contribution in [1.82, 2.24) is 5.32 Å². The van der Waals surface area contributed by atoms with Gasteiger partial charge in [-0.25, -0.2) is 0 Å². The fourth-order valence-electron chi connectivity index (χ4n) is 1.58. The van der Waals surface area contributed by atoms with Crippen molar-refractivity contribution in [2.45, 2.75) is 12.5 Å². The van der Waals surface area contributed by atoms with Crippen LogP contribution in [0.2, 0.25) is 0 Å². The van der Waals surface area contributed by atoms with E-state index >= 15 is 0 Å². The molecular formula is C10H12BrN3O. The van der Waals surface area contributed by atoms with Gasteiger partial charge in [0, 0.05) is 17.4 Å². The van der Waals surface area contributed by atoms with Crippen LogP contribution in [0.5, 0.6) is 0 Å². The van der Waals surface area contributed by atoms with Crippen molar-refractivity contribution in [2.24, 2.45) is 0 Å². The molecule has 1 atom stereocenters. The second-order valence-corrected chi connectivity index (χ2v) is 4.50. The maximum atomic E-state index is 11.0. The summed E-state index contributed by atoms with van der Waals surface area (Å²) in [7, 11) is 0. The molecule has 0 saturated carbocycles. The molecule has 15 heavy (non-hydrogen) atoms. The Labute approximate surface area is 96.4 Å². The summed E-state index contributed by atoms with van der Waals surface area (Å²) in [6.45, 7) is 0.658. The number of nitrogens with two attached hydrogens (primary N) is 1. The standard InChI is InChI=1S/C10H12BrN3O/c11-6-1-2-8(12)9(3-6)14-7-4-10(15)13-5-7/h1-3,7,14H,4-5,12H2,(H,13,15). The Morgan fingerprint density at radius 3 is 3.00 bits per heavy atom. The third-order valence-electron chi connectivity index (χ3n) is 2.35. The van der Waals surface area contributed by atoms with Crippen LogP contribution in [0.1, 0.15) is 6.42 Å². The van der Waals surface area contributed by atoms with Gasteiger partial charge in [-0.05, 0) is 18.2 Å². The lowest BCUT2D eigenvalue weighted by atomic mass is 10.2. The van der Waals surface area contributed by atoms with Crippen LogP contribution in [0.15, 0.2) is 22.7 Å². The molecule has 0 aromatic heterocycles. The molecule has 1 heterocycles. The van der Waals surface area contributed by atoms with Crippen LogP contribution in [0.4, 0.5) is 11.4 Å². The van der Waals surface area contributed by atoms with Gasteiger partial charge >= 0.3 is 0 Å². The summed E-state index contributed by atoms with van der Waals surface area (Å²) in [5.74, 6) is 0.0843. The summed E-state index contributed by atoms with van der Waals surface area (Å²) in [5, 5.41) is 6.01. The van der Waals surface area contributed by atoms with Crippen LogP contribution >= 0.6 is 15.9 Å². The second kappa shape index (κ2) is 4.10. The van der Waals surface area contributed by atoms with Crippen molar-refractivity contribution in [3.8, 4) is 0 Å². The minimum atomic E-state index is 0.0843. The van der Waals surface area contributed by atoms with Crippen LogP contribution in [0, 0.1) is 0 Å². The van der Waals surface area contributed by atoms with Gasteiger partial charge in [0.1, 0.15) is 0 Å². The van der Waals surface area contributed by atoms with E-state index in [0.29, 0.717) is 18.7 Å². The molecule has 2 rings (SSSR count). The number of halogens is 1. The molecule has 0 bridgehead atoms. The third kappa shape index (κ3) is 2.41. The maximum absolute atomic E-state index is 11.0. The first-order valence-electron chi connectivity index (χ1n) is 4.73. The molecule has 1 saturated heterocycles. The van der Waals surface area contributed by atoms with Gasteiger partial charge < -0.3 is 16.4 Å². The van der Waals surface area contributed by atoms with Gasteiger partial charge in [-0.2, -0.15) is 0 Å². The summed E-state index contributed by atoms with van der Waals surface area (Å²) in [6.07, 6.45) is 0.506. The Kier molecular flexibility index (Phi) is 2.81. The Balaban J connectivity index is 2.10. The van der Waals surface area contributed by atoms with E-state index in [2.05, 4.69) is 26.6 Å². The van der Waals surface area contributed by atoms with Crippen LogP contribution in [-0.2, 0) is 4.79 Å². The summed E-state index contributed by atoms with van der Waals surface area (Å²) >= 11 is 3.38. The lowest BCUT2D eigenvalue weighted by Gasteiger charge is -2.14. The first-order chi connectivity index (χ1) is 7.15. The highest BCUT2D eigenvalue weighted by Crippen LogP contribution is 2.24. The normalized spacial score (nSPS) is 20.1. The number of carbonyl (C=O) groups excluding carboxylic acids is 1. The van der Waals surface area contributed by atoms with Gasteiger partial charge in [-0.3, -0.25) is 4.79 Å². The predicted octanol–water partition coefficient (Wildman–Crippen LogP) is 1.33. The average molecular weight is 270 g/mol. The highest BCUT2D eigenvalue weighted by molar-refractivity contribution is 9.10. The summed E-state index contributed by atoms with van der Waals surface area (Å²) < 4.78 is 0.969. The van der Waals surface area contributed by atoms with E-state index in [4.69, 9.17) is 5.73 Å². The van der Waals surface area contributed by atoms with Crippen molar-refractivity contribution in [3.05, 3.63) is 22.7 Å². The van der Waals surface area contributed by atoms with Crippen LogP contribution in [0.3, 0.4) is 0 Å². The third-order valence-corrected chi connectivity index (χ3v) is 2.85. The zero-order chi connectivity index (χ0) is 10.8. The number of carbonyl (C=O) groups is 1. The highest BCUT2D eigenvalue weighted by Gasteiger charge is 2.21. The topological polar surface area (TPSA) is 67.2 Å². The van der Waals surface area contributed by atoms with Crippen molar-refractivity contribution in [2.75, 3.05) is 17.6 Å². The molecule has 0 radical (unpaired) electrons. The molecule has 1 aliphatic rings. The second-order valence-electron chi connectivity index (χ2n) is 3.58. The van der Waals surface area contributed by atoms with E-state index in [1.807, 2.05) is 18.2 Å². The molecule has 1 unspecified atom stereocenters. The Hall–Kier alpha value is -1.23. The molecule has 0 spiro atoms. The van der Waals surface area contributed by atoms with Gasteiger partial charge in [0.05, 0.1) is 17.4 Å². The number of benzene rings is 1. The summed E-state index contributed by atoms with van der Waals surface area (Å²) in [4.78, 5) is 11.0. The smallest absolute Gasteiger partial charge is 0.222 e. The molecule has 0 aliphatic carbocycles. The van der Waals surface area contributed by atoms with E-state index < -0.39 is 0 Å². The number of nitrogens with one attached hydrogen (secondary N) is 2. The monoisotopic (exact) mass is 269 g/mol. The van der Waals surface area contributed by atoms with Gasteiger partial charge in [0.2, 0.25) is 5.91 Å². The predicted molar refractivity (Wildman–Crippen MR) is 63.6 cm³/mol. The molecule has 1 amide bonds. The number of rotatable bonds is 2. The van der Waals surface area contributed by atoms with Crippen LogP contribution in [-0.4, -0.2) is 18.5 Å². The summed E-state index contributed by atoms with van der Waals surface area (Å²) in [6, 6.07) is 5.77. The van der Waals surface area contributed by atoms with Crippen molar-refractivity contribution in [3.63, 3.8) is 0 Å². The van der Waals surface area contributed by atoms with E-state index in [0.717, 1.165) is 10.2 Å². The number of anilines is 2. The van der Waals surface area contributed by atoms with Gasteiger partial charge in [0.15, 0.2) is 0 Å². The van der Waals surface area contributed by atoms with Crippen molar-refractivity contribution in [1.29, 1.82) is 0 Å². The Morgan fingerprint density at radius 2 is 2.33 bits per heavy atom. The highest BCUT2D eigenvalue weighted by atomic mass is 79.9. The lowest BCUT2D eigenvalue weighted by Crippen LogP contribution is -2.22. The molecule has 1 aromatic rings. The van der Waals surface area contributed by atoms with E-state index in [1.54, 1.807) is 0 Å². The molecule has 1 aliphatic heterocycles. The molecule has 1 fully saturated rings. The first-order valence-corrected chi connectivity index (χ1v) is 5.53. The molecule has 4 N–H and O–H groups in total. The molecule has 5 heteroatoms. The fourth-order valence-corrected chi connectivity index (χ4v) is 1.94. The average Bonchev–Trinajstić information content (AvgIpc) is 2.58. The maximum Gasteiger partial charge on any atom is 0.222 e.